The van der Waals surface area contributed by atoms with Crippen molar-refractivity contribution in [1.29, 1.82) is 0 Å². The number of furan rings is 1. The van der Waals surface area contributed by atoms with Crippen LogP contribution in [0.5, 0.6) is 0 Å². The Hall–Kier alpha value is -0.580. The molecule has 0 saturated heterocycles. The summed E-state index contributed by atoms with van der Waals surface area (Å²) in [7, 11) is 0. The summed E-state index contributed by atoms with van der Waals surface area (Å²) in [6.07, 6.45) is 1.68. The smallest absolute Gasteiger partial charge is 0.131 e. The van der Waals surface area contributed by atoms with Crippen LogP contribution in [0.25, 0.3) is 0 Å². The van der Waals surface area contributed by atoms with Crippen molar-refractivity contribution in [3.63, 3.8) is 0 Å². The average molecular weight is 359 g/mol. The van der Waals surface area contributed by atoms with E-state index in [-0.39, 0.29) is 6.04 Å². The molecule has 0 fully saturated rings. The Morgan fingerprint density at radius 3 is 2.59 bits per heavy atom. The fraction of sp³-hybridized carbons (Fsp3) is 0.231. The lowest BCUT2D eigenvalue weighted by atomic mass is 10.1. The standard InChI is InChI=1S/C13H13Br2NO/c1-9(10-4-2-3-5-11(10)14)16-8-13-12(15)6-7-17-13/h2-7,9,16H,8H2,1H3/t9-/m1/s1. The number of nitrogens with one attached hydrogen (secondary N) is 1. The van der Waals surface area contributed by atoms with Gasteiger partial charge in [0.15, 0.2) is 0 Å². The molecule has 2 rings (SSSR count). The summed E-state index contributed by atoms with van der Waals surface area (Å²) in [6, 6.07) is 10.4. The van der Waals surface area contributed by atoms with Crippen molar-refractivity contribution >= 4 is 31.9 Å². The third kappa shape index (κ3) is 3.21. The normalized spacial score (nSPS) is 12.6. The predicted octanol–water partition coefficient (Wildman–Crippen LogP) is 4.66. The Morgan fingerprint density at radius 2 is 1.94 bits per heavy atom. The molecular formula is C13H13Br2NO. The lowest BCUT2D eigenvalue weighted by molar-refractivity contribution is 0.458. The van der Waals surface area contributed by atoms with Crippen molar-refractivity contribution in [2.45, 2.75) is 19.5 Å². The molecule has 0 radical (unpaired) electrons. The summed E-state index contributed by atoms with van der Waals surface area (Å²) in [5.74, 6) is 0.920. The van der Waals surface area contributed by atoms with Crippen LogP contribution < -0.4 is 5.32 Å². The van der Waals surface area contributed by atoms with Gasteiger partial charge >= 0.3 is 0 Å². The SMILES string of the molecule is C[C@@H](NCc1occc1Br)c1ccccc1Br. The zero-order valence-electron chi connectivity index (χ0n) is 9.41. The highest BCUT2D eigenvalue weighted by molar-refractivity contribution is 9.10. The van der Waals surface area contributed by atoms with Gasteiger partial charge in [-0.05, 0) is 40.5 Å². The van der Waals surface area contributed by atoms with Crippen LogP contribution >= 0.6 is 31.9 Å². The number of benzene rings is 1. The quantitative estimate of drug-likeness (QED) is 0.860. The molecule has 2 aromatic rings. The average Bonchev–Trinajstić information content (AvgIpc) is 2.72. The molecule has 0 aliphatic heterocycles. The van der Waals surface area contributed by atoms with Crippen molar-refractivity contribution in [1.82, 2.24) is 5.32 Å². The largest absolute Gasteiger partial charge is 0.467 e. The molecule has 90 valence electrons. The van der Waals surface area contributed by atoms with Gasteiger partial charge in [-0.2, -0.15) is 0 Å². The molecular weight excluding hydrogens is 346 g/mol. The molecule has 1 N–H and O–H groups in total. The summed E-state index contributed by atoms with van der Waals surface area (Å²) < 4.78 is 7.49. The highest BCUT2D eigenvalue weighted by Gasteiger charge is 2.10. The first-order valence-corrected chi connectivity index (χ1v) is 6.96. The van der Waals surface area contributed by atoms with Gasteiger partial charge in [0.2, 0.25) is 0 Å². The maximum Gasteiger partial charge on any atom is 0.131 e. The van der Waals surface area contributed by atoms with Crippen LogP contribution in [0.4, 0.5) is 0 Å². The monoisotopic (exact) mass is 357 g/mol. The molecule has 0 saturated carbocycles. The van der Waals surface area contributed by atoms with E-state index in [0.29, 0.717) is 6.54 Å². The van der Waals surface area contributed by atoms with Crippen molar-refractivity contribution < 1.29 is 4.42 Å². The van der Waals surface area contributed by atoms with E-state index >= 15 is 0 Å². The molecule has 17 heavy (non-hydrogen) atoms. The summed E-state index contributed by atoms with van der Waals surface area (Å²) >= 11 is 7.00. The third-order valence-corrected chi connectivity index (χ3v) is 4.06. The predicted molar refractivity (Wildman–Crippen MR) is 75.8 cm³/mol. The molecule has 1 aromatic carbocycles. The van der Waals surface area contributed by atoms with Gasteiger partial charge in [-0.1, -0.05) is 34.1 Å². The molecule has 0 spiro atoms. The van der Waals surface area contributed by atoms with Crippen LogP contribution in [-0.2, 0) is 6.54 Å². The maximum atomic E-state index is 5.36. The van der Waals surface area contributed by atoms with Crippen LogP contribution in [0, 0.1) is 0 Å². The van der Waals surface area contributed by atoms with Crippen molar-refractivity contribution in [2.75, 3.05) is 0 Å². The van der Waals surface area contributed by atoms with E-state index in [9.17, 15) is 0 Å². The van der Waals surface area contributed by atoms with E-state index in [2.05, 4.69) is 56.2 Å². The van der Waals surface area contributed by atoms with E-state index in [4.69, 9.17) is 4.42 Å². The zero-order valence-corrected chi connectivity index (χ0v) is 12.6. The third-order valence-electron chi connectivity index (χ3n) is 2.63. The molecule has 1 heterocycles. The second kappa shape index (κ2) is 5.85. The fourth-order valence-corrected chi connectivity index (χ4v) is 2.60. The lowest BCUT2D eigenvalue weighted by Crippen LogP contribution is -2.18. The lowest BCUT2D eigenvalue weighted by Gasteiger charge is -2.15. The van der Waals surface area contributed by atoms with Crippen LogP contribution in [0.2, 0.25) is 0 Å². The van der Waals surface area contributed by atoms with Gasteiger partial charge in [0.1, 0.15) is 5.76 Å². The molecule has 0 aliphatic carbocycles. The minimum Gasteiger partial charge on any atom is -0.467 e. The zero-order chi connectivity index (χ0) is 12.3. The first-order chi connectivity index (χ1) is 8.18. The highest BCUT2D eigenvalue weighted by Crippen LogP contribution is 2.24. The van der Waals surface area contributed by atoms with Crippen LogP contribution in [0.3, 0.4) is 0 Å². The maximum absolute atomic E-state index is 5.36. The molecule has 4 heteroatoms. The van der Waals surface area contributed by atoms with E-state index < -0.39 is 0 Å². The summed E-state index contributed by atoms with van der Waals surface area (Å²) in [5, 5.41) is 3.43. The Labute approximate surface area is 118 Å². The van der Waals surface area contributed by atoms with Gasteiger partial charge in [0.25, 0.3) is 0 Å². The molecule has 0 aliphatic rings. The highest BCUT2D eigenvalue weighted by atomic mass is 79.9. The molecule has 0 bridgehead atoms. The topological polar surface area (TPSA) is 25.2 Å². The second-order valence-electron chi connectivity index (χ2n) is 3.82. The minimum absolute atomic E-state index is 0.266. The van der Waals surface area contributed by atoms with E-state index in [0.717, 1.165) is 14.7 Å². The van der Waals surface area contributed by atoms with E-state index in [1.165, 1.54) is 5.56 Å². The van der Waals surface area contributed by atoms with Gasteiger partial charge in [-0.3, -0.25) is 0 Å². The van der Waals surface area contributed by atoms with Crippen molar-refractivity contribution in [3.8, 4) is 0 Å². The Kier molecular flexibility index (Phi) is 4.42. The molecule has 0 amide bonds. The van der Waals surface area contributed by atoms with Crippen LogP contribution in [0.15, 0.2) is 50.0 Å². The van der Waals surface area contributed by atoms with Gasteiger partial charge in [-0.25, -0.2) is 0 Å². The van der Waals surface area contributed by atoms with Gasteiger partial charge in [0.05, 0.1) is 17.3 Å². The Bertz CT molecular complexity index is 496. The number of rotatable bonds is 4. The first-order valence-electron chi connectivity index (χ1n) is 5.38. The first kappa shape index (κ1) is 12.9. The fourth-order valence-electron chi connectivity index (χ4n) is 1.63. The van der Waals surface area contributed by atoms with E-state index in [1.54, 1.807) is 6.26 Å². The van der Waals surface area contributed by atoms with Crippen LogP contribution in [-0.4, -0.2) is 0 Å². The summed E-state index contributed by atoms with van der Waals surface area (Å²) in [5.41, 5.74) is 1.25. The van der Waals surface area contributed by atoms with Crippen molar-refractivity contribution in [3.05, 3.63) is 56.9 Å². The molecule has 0 unspecified atom stereocenters. The molecule has 2 nitrogen and oxygen atoms in total. The van der Waals surface area contributed by atoms with Crippen molar-refractivity contribution in [2.24, 2.45) is 0 Å². The molecule has 1 atom stereocenters. The van der Waals surface area contributed by atoms with Gasteiger partial charge in [-0.15, -0.1) is 0 Å². The second-order valence-corrected chi connectivity index (χ2v) is 5.52. The van der Waals surface area contributed by atoms with Gasteiger partial charge < -0.3 is 9.73 Å². The molecule has 1 aromatic heterocycles. The number of hydrogen-bond donors (Lipinski definition) is 1. The number of halogens is 2. The summed E-state index contributed by atoms with van der Waals surface area (Å²) in [6.45, 7) is 2.84. The van der Waals surface area contributed by atoms with Crippen LogP contribution in [0.1, 0.15) is 24.3 Å². The Morgan fingerprint density at radius 1 is 1.18 bits per heavy atom. The minimum atomic E-state index is 0.266. The van der Waals surface area contributed by atoms with Gasteiger partial charge in [0, 0.05) is 10.5 Å². The Balaban J connectivity index is 2.01. The van der Waals surface area contributed by atoms with E-state index in [1.807, 2.05) is 18.2 Å². The number of hydrogen-bond acceptors (Lipinski definition) is 2. The summed E-state index contributed by atoms with van der Waals surface area (Å²) in [4.78, 5) is 0.